The van der Waals surface area contributed by atoms with Crippen LogP contribution >= 0.6 is 0 Å². The van der Waals surface area contributed by atoms with Crippen LogP contribution < -0.4 is 5.32 Å². The van der Waals surface area contributed by atoms with Crippen molar-refractivity contribution in [2.24, 2.45) is 11.8 Å². The molecular formula is C14H22N2O3. The lowest BCUT2D eigenvalue weighted by Gasteiger charge is -2.29. The van der Waals surface area contributed by atoms with E-state index in [2.05, 4.69) is 11.4 Å². The molecule has 1 saturated carbocycles. The topological polar surface area (TPSA) is 69.6 Å². The summed E-state index contributed by atoms with van der Waals surface area (Å²) < 4.78 is 0. The number of rotatable bonds is 3. The molecule has 2 fully saturated rings. The van der Waals surface area contributed by atoms with Crippen LogP contribution in [0.5, 0.6) is 0 Å². The van der Waals surface area contributed by atoms with E-state index in [0.717, 1.165) is 0 Å². The SMILES string of the molecule is O=C(O)C1CCN(C(=O)N/C=C/C2CCCC2)CC1. The van der Waals surface area contributed by atoms with Gasteiger partial charge in [-0.25, -0.2) is 4.79 Å². The number of nitrogens with zero attached hydrogens (tertiary/aromatic N) is 1. The van der Waals surface area contributed by atoms with Gasteiger partial charge in [-0.05, 0) is 31.6 Å². The number of carbonyl (C=O) groups is 2. The Morgan fingerprint density at radius 2 is 1.74 bits per heavy atom. The maximum atomic E-state index is 11.9. The van der Waals surface area contributed by atoms with Gasteiger partial charge in [0.05, 0.1) is 5.92 Å². The summed E-state index contributed by atoms with van der Waals surface area (Å²) in [5.74, 6) is -0.433. The Morgan fingerprint density at radius 3 is 2.32 bits per heavy atom. The monoisotopic (exact) mass is 266 g/mol. The zero-order chi connectivity index (χ0) is 13.7. The third kappa shape index (κ3) is 3.98. The Bertz CT molecular complexity index is 354. The zero-order valence-electron chi connectivity index (χ0n) is 11.2. The van der Waals surface area contributed by atoms with Gasteiger partial charge in [-0.3, -0.25) is 4.79 Å². The molecule has 2 rings (SSSR count). The Kier molecular flexibility index (Phi) is 4.82. The summed E-state index contributed by atoms with van der Waals surface area (Å²) in [6.45, 7) is 1.06. The first-order chi connectivity index (χ1) is 9.16. The second-order valence-electron chi connectivity index (χ2n) is 5.45. The summed E-state index contributed by atoms with van der Waals surface area (Å²) in [5.41, 5.74) is 0. The van der Waals surface area contributed by atoms with Gasteiger partial charge in [-0.15, -0.1) is 0 Å². The Balaban J connectivity index is 1.70. The molecule has 1 saturated heterocycles. The van der Waals surface area contributed by atoms with Crippen molar-refractivity contribution in [3.63, 3.8) is 0 Å². The van der Waals surface area contributed by atoms with Gasteiger partial charge in [0.2, 0.25) is 0 Å². The van der Waals surface area contributed by atoms with Crippen LogP contribution in [0, 0.1) is 11.8 Å². The first kappa shape index (κ1) is 13.9. The van der Waals surface area contributed by atoms with Gasteiger partial charge < -0.3 is 15.3 Å². The lowest BCUT2D eigenvalue weighted by Crippen LogP contribution is -2.44. The number of urea groups is 1. The van der Waals surface area contributed by atoms with Crippen LogP contribution in [0.3, 0.4) is 0 Å². The highest BCUT2D eigenvalue weighted by Crippen LogP contribution is 2.25. The molecule has 0 atom stereocenters. The maximum Gasteiger partial charge on any atom is 0.321 e. The third-order valence-corrected chi connectivity index (χ3v) is 4.11. The van der Waals surface area contributed by atoms with Crippen molar-refractivity contribution in [3.05, 3.63) is 12.3 Å². The molecule has 106 valence electrons. The molecule has 1 aliphatic heterocycles. The summed E-state index contributed by atoms with van der Waals surface area (Å²) in [7, 11) is 0. The van der Waals surface area contributed by atoms with Crippen molar-refractivity contribution in [3.8, 4) is 0 Å². The second-order valence-corrected chi connectivity index (χ2v) is 5.45. The first-order valence-electron chi connectivity index (χ1n) is 7.11. The van der Waals surface area contributed by atoms with Crippen LogP contribution in [0.2, 0.25) is 0 Å². The molecule has 19 heavy (non-hydrogen) atoms. The van der Waals surface area contributed by atoms with Crippen LogP contribution in [-0.2, 0) is 4.79 Å². The number of amides is 2. The van der Waals surface area contributed by atoms with E-state index >= 15 is 0 Å². The molecule has 2 N–H and O–H groups in total. The second kappa shape index (κ2) is 6.59. The average molecular weight is 266 g/mol. The summed E-state index contributed by atoms with van der Waals surface area (Å²) in [5, 5.41) is 11.7. The summed E-state index contributed by atoms with van der Waals surface area (Å²) in [4.78, 5) is 24.4. The Hall–Kier alpha value is -1.52. The standard InChI is InChI=1S/C14H22N2O3/c17-13(18)12-6-9-16(10-7-12)14(19)15-8-5-11-3-1-2-4-11/h5,8,11-12H,1-4,6-7,9-10H2,(H,15,19)(H,17,18)/b8-5+. The fraction of sp³-hybridized carbons (Fsp3) is 0.714. The van der Waals surface area contributed by atoms with Crippen molar-refractivity contribution >= 4 is 12.0 Å². The molecule has 5 nitrogen and oxygen atoms in total. The first-order valence-corrected chi connectivity index (χ1v) is 7.11. The van der Waals surface area contributed by atoms with Crippen molar-refractivity contribution < 1.29 is 14.7 Å². The number of carbonyl (C=O) groups excluding carboxylic acids is 1. The highest BCUT2D eigenvalue weighted by Gasteiger charge is 2.26. The smallest absolute Gasteiger partial charge is 0.321 e. The fourth-order valence-electron chi connectivity index (χ4n) is 2.83. The van der Waals surface area contributed by atoms with E-state index in [1.54, 1.807) is 11.1 Å². The lowest BCUT2D eigenvalue weighted by molar-refractivity contribution is -0.143. The van der Waals surface area contributed by atoms with Crippen LogP contribution in [0.1, 0.15) is 38.5 Å². The van der Waals surface area contributed by atoms with Gasteiger partial charge in [0.25, 0.3) is 0 Å². The van der Waals surface area contributed by atoms with E-state index in [1.807, 2.05) is 0 Å². The molecule has 0 bridgehead atoms. The van der Waals surface area contributed by atoms with Gasteiger partial charge in [-0.2, -0.15) is 0 Å². The molecule has 0 aromatic carbocycles. The molecule has 5 heteroatoms. The number of likely N-dealkylation sites (tertiary alicyclic amines) is 1. The minimum absolute atomic E-state index is 0.113. The van der Waals surface area contributed by atoms with Crippen molar-refractivity contribution in [2.75, 3.05) is 13.1 Å². The van der Waals surface area contributed by atoms with Gasteiger partial charge in [0.15, 0.2) is 0 Å². The summed E-state index contributed by atoms with van der Waals surface area (Å²) in [6.07, 6.45) is 9.94. The van der Waals surface area contributed by atoms with E-state index in [0.29, 0.717) is 31.8 Å². The van der Waals surface area contributed by atoms with E-state index in [9.17, 15) is 9.59 Å². The van der Waals surface area contributed by atoms with Crippen molar-refractivity contribution in [1.29, 1.82) is 0 Å². The molecule has 1 aliphatic carbocycles. The maximum absolute atomic E-state index is 11.9. The van der Waals surface area contributed by atoms with Gasteiger partial charge in [-0.1, -0.05) is 18.9 Å². The summed E-state index contributed by atoms with van der Waals surface area (Å²) in [6, 6.07) is -0.113. The number of hydrogen-bond acceptors (Lipinski definition) is 2. The molecular weight excluding hydrogens is 244 g/mol. The number of carboxylic acids is 1. The van der Waals surface area contributed by atoms with Gasteiger partial charge >= 0.3 is 12.0 Å². The van der Waals surface area contributed by atoms with E-state index < -0.39 is 5.97 Å². The number of carboxylic acid groups (broad SMARTS) is 1. The lowest BCUT2D eigenvalue weighted by atomic mass is 9.97. The van der Waals surface area contributed by atoms with Crippen LogP contribution in [0.4, 0.5) is 4.79 Å². The number of piperidine rings is 1. The number of nitrogens with one attached hydrogen (secondary N) is 1. The minimum atomic E-state index is -0.749. The third-order valence-electron chi connectivity index (χ3n) is 4.11. The highest BCUT2D eigenvalue weighted by atomic mass is 16.4. The molecule has 2 aliphatic rings. The number of allylic oxidation sites excluding steroid dienone is 1. The number of aliphatic carboxylic acids is 1. The molecule has 1 heterocycles. The van der Waals surface area contributed by atoms with E-state index in [1.165, 1.54) is 25.7 Å². The van der Waals surface area contributed by atoms with E-state index in [4.69, 9.17) is 5.11 Å². The minimum Gasteiger partial charge on any atom is -0.481 e. The van der Waals surface area contributed by atoms with E-state index in [-0.39, 0.29) is 11.9 Å². The largest absolute Gasteiger partial charge is 0.481 e. The molecule has 0 aromatic rings. The molecule has 0 aromatic heterocycles. The Labute approximate surface area is 113 Å². The molecule has 0 unspecified atom stereocenters. The predicted octanol–water partition coefficient (Wildman–Crippen LogP) is 2.20. The number of hydrogen-bond donors (Lipinski definition) is 2. The van der Waals surface area contributed by atoms with Crippen molar-refractivity contribution in [2.45, 2.75) is 38.5 Å². The van der Waals surface area contributed by atoms with Crippen LogP contribution in [-0.4, -0.2) is 35.1 Å². The van der Waals surface area contributed by atoms with Crippen LogP contribution in [0.15, 0.2) is 12.3 Å². The molecule has 0 spiro atoms. The fourth-order valence-corrected chi connectivity index (χ4v) is 2.83. The predicted molar refractivity (Wildman–Crippen MR) is 71.6 cm³/mol. The highest BCUT2D eigenvalue weighted by molar-refractivity contribution is 5.76. The van der Waals surface area contributed by atoms with Gasteiger partial charge in [0, 0.05) is 19.3 Å². The Morgan fingerprint density at radius 1 is 1.11 bits per heavy atom. The van der Waals surface area contributed by atoms with Gasteiger partial charge in [0.1, 0.15) is 0 Å². The summed E-state index contributed by atoms with van der Waals surface area (Å²) >= 11 is 0. The molecule has 2 amide bonds. The molecule has 0 radical (unpaired) electrons. The van der Waals surface area contributed by atoms with Crippen molar-refractivity contribution in [1.82, 2.24) is 10.2 Å². The quantitative estimate of drug-likeness (QED) is 0.822. The average Bonchev–Trinajstić information content (AvgIpc) is 2.92. The zero-order valence-corrected chi connectivity index (χ0v) is 11.2. The normalized spacial score (nSPS) is 22.0. The van der Waals surface area contributed by atoms with Crippen LogP contribution in [0.25, 0.3) is 0 Å².